The summed E-state index contributed by atoms with van der Waals surface area (Å²) in [6, 6.07) is 0. The Kier molecular flexibility index (Phi) is 4.40. The third kappa shape index (κ3) is 2.78. The van der Waals surface area contributed by atoms with E-state index in [2.05, 4.69) is 16.9 Å². The Morgan fingerprint density at radius 3 is 2.38 bits per heavy atom. The van der Waals surface area contributed by atoms with Crippen LogP contribution in [0.3, 0.4) is 0 Å². The molecule has 0 saturated carbocycles. The minimum Gasteiger partial charge on any atom is -0.342 e. The Hall–Kier alpha value is -1.45. The summed E-state index contributed by atoms with van der Waals surface area (Å²) in [5.74, 6) is 0.0176. The van der Waals surface area contributed by atoms with Gasteiger partial charge in [-0.15, -0.1) is 0 Å². The zero-order valence-electron chi connectivity index (χ0n) is 10.4. The van der Waals surface area contributed by atoms with E-state index in [4.69, 9.17) is 0 Å². The number of unbranched alkanes of at least 4 members (excludes halogenated alkanes) is 1. The van der Waals surface area contributed by atoms with Crippen LogP contribution in [0.2, 0.25) is 0 Å². The Labute approximate surface area is 96.7 Å². The topological polar surface area (TPSA) is 46.1 Å². The van der Waals surface area contributed by atoms with Gasteiger partial charge in [-0.3, -0.25) is 4.79 Å². The number of rotatable bonds is 4. The molecule has 88 valence electrons. The summed E-state index contributed by atoms with van der Waals surface area (Å²) in [6.07, 6.45) is 3.60. The summed E-state index contributed by atoms with van der Waals surface area (Å²) in [5, 5.41) is 0. The maximum absolute atomic E-state index is 12.1. The van der Waals surface area contributed by atoms with Crippen molar-refractivity contribution >= 4 is 5.91 Å². The van der Waals surface area contributed by atoms with E-state index in [1.807, 2.05) is 20.9 Å². The Balaban J connectivity index is 2.87. The fourth-order valence-corrected chi connectivity index (χ4v) is 1.59. The minimum atomic E-state index is 0.0176. The largest absolute Gasteiger partial charge is 0.342 e. The molecule has 4 heteroatoms. The van der Waals surface area contributed by atoms with Gasteiger partial charge in [0.2, 0.25) is 0 Å². The first-order valence-electron chi connectivity index (χ1n) is 5.61. The first-order chi connectivity index (χ1) is 7.57. The van der Waals surface area contributed by atoms with Gasteiger partial charge in [-0.2, -0.15) is 0 Å². The van der Waals surface area contributed by atoms with Crippen molar-refractivity contribution < 1.29 is 4.79 Å². The van der Waals surface area contributed by atoms with Crippen molar-refractivity contribution in [1.82, 2.24) is 14.9 Å². The summed E-state index contributed by atoms with van der Waals surface area (Å²) >= 11 is 0. The lowest BCUT2D eigenvalue weighted by atomic mass is 10.1. The quantitative estimate of drug-likeness (QED) is 0.780. The van der Waals surface area contributed by atoms with E-state index in [1.165, 1.54) is 6.33 Å². The minimum absolute atomic E-state index is 0.0176. The van der Waals surface area contributed by atoms with Gasteiger partial charge in [0.1, 0.15) is 6.33 Å². The molecule has 0 N–H and O–H groups in total. The van der Waals surface area contributed by atoms with Gasteiger partial charge >= 0.3 is 0 Å². The summed E-state index contributed by atoms with van der Waals surface area (Å²) in [6.45, 7) is 6.58. The number of aromatic nitrogens is 2. The molecule has 1 rings (SSSR count). The highest BCUT2D eigenvalue weighted by atomic mass is 16.2. The first kappa shape index (κ1) is 12.6. The molecular weight excluding hydrogens is 202 g/mol. The molecule has 0 fully saturated rings. The van der Waals surface area contributed by atoms with Gasteiger partial charge in [-0.25, -0.2) is 9.97 Å². The average molecular weight is 221 g/mol. The molecule has 0 aliphatic rings. The highest BCUT2D eigenvalue weighted by Gasteiger charge is 2.17. The van der Waals surface area contributed by atoms with Crippen LogP contribution in [0, 0.1) is 13.8 Å². The molecule has 0 atom stereocenters. The van der Waals surface area contributed by atoms with Crippen LogP contribution in [0.15, 0.2) is 6.33 Å². The molecule has 1 heterocycles. The summed E-state index contributed by atoms with van der Waals surface area (Å²) < 4.78 is 0. The van der Waals surface area contributed by atoms with Crippen molar-refractivity contribution in [3.63, 3.8) is 0 Å². The Morgan fingerprint density at radius 1 is 1.31 bits per heavy atom. The predicted octanol–water partition coefficient (Wildman–Crippen LogP) is 1.97. The molecule has 1 amide bonds. The van der Waals surface area contributed by atoms with Crippen LogP contribution in [0.5, 0.6) is 0 Å². The highest BCUT2D eigenvalue weighted by Crippen LogP contribution is 2.11. The average Bonchev–Trinajstić information content (AvgIpc) is 2.25. The van der Waals surface area contributed by atoms with Crippen molar-refractivity contribution in [3.8, 4) is 0 Å². The zero-order valence-corrected chi connectivity index (χ0v) is 10.4. The second-order valence-electron chi connectivity index (χ2n) is 4.00. The van der Waals surface area contributed by atoms with E-state index in [9.17, 15) is 4.79 Å². The predicted molar refractivity (Wildman–Crippen MR) is 63.4 cm³/mol. The molecule has 0 aliphatic carbocycles. The number of hydrogen-bond donors (Lipinski definition) is 0. The number of carbonyl (C=O) groups excluding carboxylic acids is 1. The first-order valence-corrected chi connectivity index (χ1v) is 5.61. The molecule has 16 heavy (non-hydrogen) atoms. The van der Waals surface area contributed by atoms with E-state index < -0.39 is 0 Å². The Bertz CT molecular complexity index is 356. The van der Waals surface area contributed by atoms with Crippen LogP contribution in [0.25, 0.3) is 0 Å². The molecule has 1 aromatic heterocycles. The number of hydrogen-bond acceptors (Lipinski definition) is 3. The maximum atomic E-state index is 12.1. The molecule has 0 saturated heterocycles. The summed E-state index contributed by atoms with van der Waals surface area (Å²) in [4.78, 5) is 22.0. The molecule has 0 aromatic carbocycles. The lowest BCUT2D eigenvalue weighted by Crippen LogP contribution is -2.29. The van der Waals surface area contributed by atoms with Gasteiger partial charge in [0, 0.05) is 13.6 Å². The van der Waals surface area contributed by atoms with Crippen LogP contribution >= 0.6 is 0 Å². The molecule has 4 nitrogen and oxygen atoms in total. The number of nitrogens with zero attached hydrogens (tertiary/aromatic N) is 3. The van der Waals surface area contributed by atoms with Crippen molar-refractivity contribution in [2.75, 3.05) is 13.6 Å². The normalized spacial score (nSPS) is 10.2. The van der Waals surface area contributed by atoms with E-state index in [0.29, 0.717) is 5.56 Å². The Morgan fingerprint density at radius 2 is 1.88 bits per heavy atom. The second-order valence-corrected chi connectivity index (χ2v) is 4.00. The van der Waals surface area contributed by atoms with Crippen molar-refractivity contribution in [2.45, 2.75) is 33.6 Å². The molecule has 0 spiro atoms. The smallest absolute Gasteiger partial charge is 0.257 e. The third-order valence-electron chi connectivity index (χ3n) is 2.63. The van der Waals surface area contributed by atoms with Gasteiger partial charge in [-0.05, 0) is 20.3 Å². The van der Waals surface area contributed by atoms with E-state index >= 15 is 0 Å². The summed E-state index contributed by atoms with van der Waals surface area (Å²) in [7, 11) is 1.82. The van der Waals surface area contributed by atoms with Crippen LogP contribution in [0.1, 0.15) is 41.5 Å². The van der Waals surface area contributed by atoms with Crippen LogP contribution in [-0.2, 0) is 0 Å². The zero-order chi connectivity index (χ0) is 12.1. The molecule has 1 aromatic rings. The molecule has 0 bridgehead atoms. The van der Waals surface area contributed by atoms with Crippen molar-refractivity contribution in [3.05, 3.63) is 23.3 Å². The fraction of sp³-hybridized carbons (Fsp3) is 0.583. The molecule has 0 unspecified atom stereocenters. The lowest BCUT2D eigenvalue weighted by Gasteiger charge is -2.18. The van der Waals surface area contributed by atoms with E-state index in [-0.39, 0.29) is 5.91 Å². The van der Waals surface area contributed by atoms with Crippen LogP contribution in [-0.4, -0.2) is 34.4 Å². The number of aryl methyl sites for hydroxylation is 2. The number of carbonyl (C=O) groups is 1. The van der Waals surface area contributed by atoms with Gasteiger partial charge in [-0.1, -0.05) is 13.3 Å². The third-order valence-corrected chi connectivity index (χ3v) is 2.63. The standard InChI is InChI=1S/C12H19N3O/c1-5-6-7-15(4)12(16)11-9(2)13-8-14-10(11)3/h8H,5-7H2,1-4H3. The second kappa shape index (κ2) is 5.58. The van der Waals surface area contributed by atoms with Crippen molar-refractivity contribution in [1.29, 1.82) is 0 Å². The fourth-order valence-electron chi connectivity index (χ4n) is 1.59. The highest BCUT2D eigenvalue weighted by molar-refractivity contribution is 5.96. The molecule has 0 aliphatic heterocycles. The van der Waals surface area contributed by atoms with Crippen LogP contribution in [0.4, 0.5) is 0 Å². The van der Waals surface area contributed by atoms with Gasteiger partial charge < -0.3 is 4.90 Å². The number of amides is 1. The SMILES string of the molecule is CCCCN(C)C(=O)c1c(C)ncnc1C. The molecule has 0 radical (unpaired) electrons. The monoisotopic (exact) mass is 221 g/mol. The van der Waals surface area contributed by atoms with Gasteiger partial charge in [0.05, 0.1) is 17.0 Å². The van der Waals surface area contributed by atoms with E-state index in [1.54, 1.807) is 4.90 Å². The maximum Gasteiger partial charge on any atom is 0.257 e. The van der Waals surface area contributed by atoms with Crippen molar-refractivity contribution in [2.24, 2.45) is 0 Å². The molecular formula is C12H19N3O. The summed E-state index contributed by atoms with van der Waals surface area (Å²) in [5.41, 5.74) is 2.14. The van der Waals surface area contributed by atoms with Gasteiger partial charge in [0.25, 0.3) is 5.91 Å². The van der Waals surface area contributed by atoms with E-state index in [0.717, 1.165) is 30.8 Å². The van der Waals surface area contributed by atoms with Crippen LogP contribution < -0.4 is 0 Å². The van der Waals surface area contributed by atoms with Gasteiger partial charge in [0.15, 0.2) is 0 Å². The lowest BCUT2D eigenvalue weighted by molar-refractivity contribution is 0.0791.